The molecule has 0 aromatic heterocycles. The maximum atomic E-state index is 4.47. The van der Waals surface area contributed by atoms with E-state index in [1.54, 1.807) is 0 Å². The zero-order valence-corrected chi connectivity index (χ0v) is 15.3. The summed E-state index contributed by atoms with van der Waals surface area (Å²) in [5.41, 5.74) is 0. The molecule has 0 unspecified atom stereocenters. The van der Waals surface area contributed by atoms with Gasteiger partial charge in [-0.25, -0.2) is 0 Å². The fourth-order valence-corrected chi connectivity index (χ4v) is 1.34. The van der Waals surface area contributed by atoms with Crippen molar-refractivity contribution in [1.29, 1.82) is 0 Å². The van der Waals surface area contributed by atoms with Crippen molar-refractivity contribution in [2.24, 2.45) is 0 Å². The molecule has 0 aromatic rings. The summed E-state index contributed by atoms with van der Waals surface area (Å²) in [6, 6.07) is 0. The van der Waals surface area contributed by atoms with Crippen LogP contribution in [0.1, 0.15) is 27.7 Å². The van der Waals surface area contributed by atoms with Crippen LogP contribution in [-0.4, -0.2) is 30.7 Å². The number of rotatable bonds is 4. The van der Waals surface area contributed by atoms with Gasteiger partial charge in [0.15, 0.2) is 0 Å². The summed E-state index contributed by atoms with van der Waals surface area (Å²) in [6.45, 7) is 14.2. The Labute approximate surface area is 107 Å². The van der Waals surface area contributed by atoms with E-state index < -0.39 is 8.92 Å². The molecule has 0 aliphatic carbocycles. The monoisotopic (exact) mass is 445 g/mol. The number of hydrogen-bond acceptors (Lipinski definition) is 4. The summed E-state index contributed by atoms with van der Waals surface area (Å²) in [5, 5.41) is 0. The van der Waals surface area contributed by atoms with Gasteiger partial charge in [0.25, 0.3) is 0 Å². The molecule has 0 saturated heterocycles. The molecule has 0 atom stereocenters. The molecule has 14 heavy (non-hydrogen) atoms. The third-order valence-electron chi connectivity index (χ3n) is 2.68. The quantitative estimate of drug-likeness (QED) is 0.477. The van der Waals surface area contributed by atoms with E-state index in [-0.39, 0.29) is 0 Å². The zero-order valence-electron chi connectivity index (χ0n) is 9.29. The summed E-state index contributed by atoms with van der Waals surface area (Å²) in [5.74, 6) is 0. The van der Waals surface area contributed by atoms with Crippen molar-refractivity contribution in [1.82, 2.24) is 0 Å². The van der Waals surface area contributed by atoms with E-state index >= 15 is 0 Å². The van der Waals surface area contributed by atoms with Crippen LogP contribution in [-0.2, 0) is 19.4 Å². The van der Waals surface area contributed by atoms with Crippen LogP contribution in [0.5, 0.6) is 0 Å². The zero-order chi connectivity index (χ0) is 11.8. The van der Waals surface area contributed by atoms with Gasteiger partial charge < -0.3 is 4.48 Å². The van der Waals surface area contributed by atoms with Gasteiger partial charge in [0.1, 0.15) is 0 Å². The van der Waals surface area contributed by atoms with E-state index in [2.05, 4.69) is 68.0 Å². The Balaban J connectivity index is 0. The molecule has 0 bridgehead atoms. The number of hydrogen-bond donors (Lipinski definition) is 0. The molecular formula is C8H20NReS4. The second-order valence-electron chi connectivity index (χ2n) is 2.98. The van der Waals surface area contributed by atoms with Gasteiger partial charge in [-0.15, -0.1) is 0 Å². The minimum atomic E-state index is -2.78. The van der Waals surface area contributed by atoms with Crippen molar-refractivity contribution < 1.29 is 13.4 Å². The Kier molecular flexibility index (Phi) is 11.3. The third-order valence-corrected chi connectivity index (χ3v) is 2.68. The van der Waals surface area contributed by atoms with Crippen LogP contribution in [0.4, 0.5) is 0 Å². The predicted octanol–water partition coefficient (Wildman–Crippen LogP) is 3.82. The summed E-state index contributed by atoms with van der Waals surface area (Å²) in [6.07, 6.45) is 0. The average Bonchev–Trinajstić information content (AvgIpc) is 2.07. The molecule has 0 heterocycles. The van der Waals surface area contributed by atoms with Crippen molar-refractivity contribution in [3.05, 3.63) is 0 Å². The summed E-state index contributed by atoms with van der Waals surface area (Å²) in [7, 11) is 15.1. The van der Waals surface area contributed by atoms with Gasteiger partial charge in [-0.2, -0.15) is 0 Å². The Bertz CT molecular complexity index is 242. The topological polar surface area (TPSA) is 0 Å². The molecule has 0 rings (SSSR count). The molecule has 0 aromatic carbocycles. The minimum absolute atomic E-state index is 1.28. The first-order valence-electron chi connectivity index (χ1n) is 4.71. The van der Waals surface area contributed by atoms with Crippen LogP contribution in [0.2, 0.25) is 0 Å². The molecule has 0 spiro atoms. The number of quaternary nitrogens is 1. The summed E-state index contributed by atoms with van der Waals surface area (Å²) < 4.78 is 1.28. The second-order valence-corrected chi connectivity index (χ2v) is 30.5. The van der Waals surface area contributed by atoms with E-state index in [0.29, 0.717) is 0 Å². The van der Waals surface area contributed by atoms with E-state index in [1.165, 1.54) is 30.7 Å². The van der Waals surface area contributed by atoms with Gasteiger partial charge in [-0.3, -0.25) is 0 Å². The van der Waals surface area contributed by atoms with Crippen molar-refractivity contribution in [3.8, 4) is 0 Å². The third kappa shape index (κ3) is 11.7. The molecule has 0 aliphatic heterocycles. The van der Waals surface area contributed by atoms with Crippen molar-refractivity contribution in [2.45, 2.75) is 27.7 Å². The molecule has 0 aliphatic rings. The van der Waals surface area contributed by atoms with Crippen molar-refractivity contribution in [3.63, 3.8) is 0 Å². The molecule has 0 fully saturated rings. The van der Waals surface area contributed by atoms with Crippen LogP contribution < -0.4 is 0 Å². The Morgan fingerprint density at radius 1 is 0.857 bits per heavy atom. The van der Waals surface area contributed by atoms with E-state index in [1.807, 2.05) is 0 Å². The van der Waals surface area contributed by atoms with Gasteiger partial charge >= 0.3 is 49.2 Å². The Morgan fingerprint density at radius 2 is 1.00 bits per heavy atom. The standard InChI is InChI=1S/C8H20N.Re.4S/c1-5-9(6-2,7-3)8-4;;;;;/h5-8H2,1-4H3;;;;;/q+1;;;;;-1. The first-order valence-corrected chi connectivity index (χ1v) is 19.2. The van der Waals surface area contributed by atoms with E-state index in [9.17, 15) is 0 Å². The first kappa shape index (κ1) is 18.0. The van der Waals surface area contributed by atoms with Gasteiger partial charge in [-0.05, 0) is 27.7 Å². The Hall–Kier alpha value is 1.63. The number of nitrogens with zero attached hydrogens (tertiary/aromatic N) is 1. The van der Waals surface area contributed by atoms with Crippen molar-refractivity contribution in [2.75, 3.05) is 26.2 Å². The van der Waals surface area contributed by atoms with Gasteiger partial charge in [0, 0.05) is 0 Å². The molecule has 0 saturated carbocycles. The average molecular weight is 445 g/mol. The normalized spacial score (nSPS) is 11.8. The predicted molar refractivity (Wildman–Crippen MR) is 72.6 cm³/mol. The van der Waals surface area contributed by atoms with Gasteiger partial charge in [0.05, 0.1) is 26.2 Å². The van der Waals surface area contributed by atoms with Crippen LogP contribution in [0.3, 0.4) is 0 Å². The fourth-order valence-electron chi connectivity index (χ4n) is 1.34. The molecule has 6 heteroatoms. The fraction of sp³-hybridized carbons (Fsp3) is 1.00. The molecule has 88 valence electrons. The SMILES string of the molecule is CC[N+](CC)(CC)CC.[S]=[Re](=[S])(=[S])[S-]. The molecule has 0 N–H and O–H groups in total. The van der Waals surface area contributed by atoms with Crippen LogP contribution >= 0.6 is 29.8 Å². The first-order chi connectivity index (χ1) is 6.24. The maximum absolute atomic E-state index is 4.47. The van der Waals surface area contributed by atoms with E-state index in [4.69, 9.17) is 0 Å². The van der Waals surface area contributed by atoms with Gasteiger partial charge in [0.2, 0.25) is 0 Å². The summed E-state index contributed by atoms with van der Waals surface area (Å²) in [4.78, 5) is 0. The molecule has 1 nitrogen and oxygen atoms in total. The van der Waals surface area contributed by atoms with Gasteiger partial charge in [-0.1, -0.05) is 0 Å². The van der Waals surface area contributed by atoms with Crippen LogP contribution in [0.25, 0.3) is 0 Å². The van der Waals surface area contributed by atoms with Crippen LogP contribution in [0, 0.1) is 0 Å². The van der Waals surface area contributed by atoms with Crippen molar-refractivity contribution >= 4 is 40.3 Å². The second kappa shape index (κ2) is 8.75. The summed E-state index contributed by atoms with van der Waals surface area (Å²) >= 11 is 0. The Morgan fingerprint density at radius 3 is 1.00 bits per heavy atom. The molecule has 0 amide bonds. The molecular weight excluding hydrogens is 425 g/mol. The van der Waals surface area contributed by atoms with E-state index in [0.717, 1.165) is 0 Å². The molecule has 0 radical (unpaired) electrons. The van der Waals surface area contributed by atoms with Crippen LogP contribution in [0.15, 0.2) is 0 Å².